The average Bonchev–Trinajstić information content (AvgIpc) is 2.92. The second kappa shape index (κ2) is 5.56. The summed E-state index contributed by atoms with van der Waals surface area (Å²) in [4.78, 5) is 4.33. The molecule has 7 heteroatoms. The SMILES string of the molecule is Oc1c(Cl)cc(Cl)cc1-c1nc(-c2cccc(Cl)c2)n[nH]1. The molecule has 4 nitrogen and oxygen atoms in total. The van der Waals surface area contributed by atoms with Crippen LogP contribution in [0.3, 0.4) is 0 Å². The van der Waals surface area contributed by atoms with Gasteiger partial charge in [-0.15, -0.1) is 0 Å². The number of halogens is 3. The molecular formula is C14H8Cl3N3O. The molecule has 0 saturated heterocycles. The summed E-state index contributed by atoms with van der Waals surface area (Å²) < 4.78 is 0. The molecule has 21 heavy (non-hydrogen) atoms. The lowest BCUT2D eigenvalue weighted by atomic mass is 10.2. The Bertz CT molecular complexity index is 817. The van der Waals surface area contributed by atoms with Crippen molar-refractivity contribution in [3.8, 4) is 28.5 Å². The Morgan fingerprint density at radius 3 is 2.57 bits per heavy atom. The van der Waals surface area contributed by atoms with Gasteiger partial charge in [0, 0.05) is 15.6 Å². The molecule has 2 aromatic carbocycles. The lowest BCUT2D eigenvalue weighted by Gasteiger charge is -2.03. The fourth-order valence-corrected chi connectivity index (χ4v) is 2.57. The number of rotatable bonds is 2. The summed E-state index contributed by atoms with van der Waals surface area (Å²) in [6.07, 6.45) is 0. The van der Waals surface area contributed by atoms with E-state index in [1.165, 1.54) is 6.07 Å². The highest BCUT2D eigenvalue weighted by atomic mass is 35.5. The van der Waals surface area contributed by atoms with Crippen molar-refractivity contribution in [2.24, 2.45) is 0 Å². The molecule has 0 spiro atoms. The Kier molecular flexibility index (Phi) is 3.76. The van der Waals surface area contributed by atoms with Gasteiger partial charge in [-0.2, -0.15) is 5.10 Å². The van der Waals surface area contributed by atoms with Crippen molar-refractivity contribution in [3.05, 3.63) is 51.5 Å². The Morgan fingerprint density at radius 2 is 1.81 bits per heavy atom. The summed E-state index contributed by atoms with van der Waals surface area (Å²) in [5.74, 6) is 0.727. The first-order chi connectivity index (χ1) is 10.0. The molecule has 3 rings (SSSR count). The van der Waals surface area contributed by atoms with Crippen molar-refractivity contribution in [2.75, 3.05) is 0 Å². The van der Waals surface area contributed by atoms with Crippen LogP contribution in [0.1, 0.15) is 0 Å². The number of H-pyrrole nitrogens is 1. The van der Waals surface area contributed by atoms with Crippen molar-refractivity contribution < 1.29 is 5.11 Å². The van der Waals surface area contributed by atoms with Crippen molar-refractivity contribution >= 4 is 34.8 Å². The third-order valence-corrected chi connectivity index (χ3v) is 3.59. The largest absolute Gasteiger partial charge is 0.506 e. The van der Waals surface area contributed by atoms with Crippen molar-refractivity contribution in [1.82, 2.24) is 15.2 Å². The molecule has 0 aliphatic carbocycles. The summed E-state index contributed by atoms with van der Waals surface area (Å²) in [6, 6.07) is 10.2. The zero-order valence-electron chi connectivity index (χ0n) is 10.4. The summed E-state index contributed by atoms with van der Waals surface area (Å²) in [7, 11) is 0. The van der Waals surface area contributed by atoms with Crippen molar-refractivity contribution in [2.45, 2.75) is 0 Å². The number of benzene rings is 2. The Hall–Kier alpha value is -1.75. The van der Waals surface area contributed by atoms with Crippen LogP contribution in [0.4, 0.5) is 0 Å². The van der Waals surface area contributed by atoms with Crippen LogP contribution in [0.2, 0.25) is 15.1 Å². The highest BCUT2D eigenvalue weighted by Crippen LogP contribution is 2.36. The highest BCUT2D eigenvalue weighted by Gasteiger charge is 2.14. The number of nitrogens with zero attached hydrogens (tertiary/aromatic N) is 2. The lowest BCUT2D eigenvalue weighted by molar-refractivity contribution is 0.477. The quantitative estimate of drug-likeness (QED) is 0.704. The van der Waals surface area contributed by atoms with Crippen molar-refractivity contribution in [3.63, 3.8) is 0 Å². The Morgan fingerprint density at radius 1 is 1.00 bits per heavy atom. The normalized spacial score (nSPS) is 10.8. The fourth-order valence-electron chi connectivity index (χ4n) is 1.89. The molecule has 0 atom stereocenters. The molecule has 0 amide bonds. The maximum absolute atomic E-state index is 10.00. The van der Waals surface area contributed by atoms with E-state index >= 15 is 0 Å². The molecule has 2 N–H and O–H groups in total. The molecule has 0 bridgehead atoms. The second-order valence-electron chi connectivity index (χ2n) is 4.30. The molecule has 0 fully saturated rings. The van der Waals surface area contributed by atoms with Gasteiger partial charge in [0.15, 0.2) is 11.6 Å². The molecule has 0 aliphatic rings. The third kappa shape index (κ3) is 2.83. The topological polar surface area (TPSA) is 61.8 Å². The van der Waals surface area contributed by atoms with Gasteiger partial charge >= 0.3 is 0 Å². The van der Waals surface area contributed by atoms with E-state index in [0.29, 0.717) is 27.3 Å². The van der Waals surface area contributed by atoms with Gasteiger partial charge in [0.25, 0.3) is 0 Å². The minimum Gasteiger partial charge on any atom is -0.506 e. The molecule has 1 aromatic heterocycles. The molecular weight excluding hydrogens is 333 g/mol. The van der Waals surface area contributed by atoms with E-state index < -0.39 is 0 Å². The molecule has 0 saturated carbocycles. The Labute approximate surface area is 135 Å². The number of aromatic hydroxyl groups is 1. The zero-order valence-corrected chi connectivity index (χ0v) is 12.7. The summed E-state index contributed by atoms with van der Waals surface area (Å²) in [6.45, 7) is 0. The molecule has 3 aromatic rings. The smallest absolute Gasteiger partial charge is 0.181 e. The summed E-state index contributed by atoms with van der Waals surface area (Å²) in [5.41, 5.74) is 1.14. The van der Waals surface area contributed by atoms with Gasteiger partial charge in [0.2, 0.25) is 0 Å². The predicted octanol–water partition coefficient (Wildman–Crippen LogP) is 4.80. The van der Waals surface area contributed by atoms with Crippen LogP contribution < -0.4 is 0 Å². The predicted molar refractivity (Wildman–Crippen MR) is 83.9 cm³/mol. The maximum Gasteiger partial charge on any atom is 0.181 e. The Balaban J connectivity index is 2.07. The number of nitrogens with one attached hydrogen (secondary N) is 1. The lowest BCUT2D eigenvalue weighted by Crippen LogP contribution is -1.84. The van der Waals surface area contributed by atoms with Crippen LogP contribution >= 0.6 is 34.8 Å². The van der Waals surface area contributed by atoms with Crippen LogP contribution in [-0.2, 0) is 0 Å². The average molecular weight is 341 g/mol. The maximum atomic E-state index is 10.00. The zero-order chi connectivity index (χ0) is 15.0. The number of hydrogen-bond acceptors (Lipinski definition) is 3. The van der Waals surface area contributed by atoms with Crippen LogP contribution in [0.15, 0.2) is 36.4 Å². The van der Waals surface area contributed by atoms with E-state index in [4.69, 9.17) is 34.8 Å². The van der Waals surface area contributed by atoms with Gasteiger partial charge in [-0.05, 0) is 24.3 Å². The first kappa shape index (κ1) is 14.2. The standard InChI is InChI=1S/C14H8Cl3N3O/c15-8-3-1-2-7(4-8)13-18-14(20-19-13)10-5-9(16)6-11(17)12(10)21/h1-6,21H,(H,18,19,20). The molecule has 106 valence electrons. The third-order valence-electron chi connectivity index (χ3n) is 2.85. The number of aromatic nitrogens is 3. The number of hydrogen-bond donors (Lipinski definition) is 2. The second-order valence-corrected chi connectivity index (χ2v) is 5.58. The molecule has 1 heterocycles. The minimum atomic E-state index is -0.102. The highest BCUT2D eigenvalue weighted by molar-refractivity contribution is 6.36. The molecule has 0 aliphatic heterocycles. The summed E-state index contributed by atoms with van der Waals surface area (Å²) in [5, 5.41) is 18.0. The van der Waals surface area contributed by atoms with Crippen molar-refractivity contribution in [1.29, 1.82) is 0 Å². The molecule has 0 radical (unpaired) electrons. The van der Waals surface area contributed by atoms with E-state index in [9.17, 15) is 5.11 Å². The fraction of sp³-hybridized carbons (Fsp3) is 0. The van der Waals surface area contributed by atoms with Crippen LogP contribution in [-0.4, -0.2) is 20.3 Å². The number of phenols is 1. The van der Waals surface area contributed by atoms with Gasteiger partial charge in [-0.1, -0.05) is 46.9 Å². The number of phenolic OH excluding ortho intramolecular Hbond substituents is 1. The summed E-state index contributed by atoms with van der Waals surface area (Å²) >= 11 is 17.8. The first-order valence-corrected chi connectivity index (χ1v) is 7.04. The van der Waals surface area contributed by atoms with Crippen LogP contribution in [0, 0.1) is 0 Å². The van der Waals surface area contributed by atoms with Gasteiger partial charge in [-0.25, -0.2) is 4.98 Å². The number of aromatic amines is 1. The first-order valence-electron chi connectivity index (χ1n) is 5.91. The van der Waals surface area contributed by atoms with E-state index in [-0.39, 0.29) is 10.8 Å². The van der Waals surface area contributed by atoms with Gasteiger partial charge in [0.05, 0.1) is 10.6 Å². The molecule has 0 unspecified atom stereocenters. The minimum absolute atomic E-state index is 0.102. The van der Waals surface area contributed by atoms with E-state index in [1.54, 1.807) is 24.3 Å². The van der Waals surface area contributed by atoms with E-state index in [2.05, 4.69) is 15.2 Å². The van der Waals surface area contributed by atoms with Gasteiger partial charge in [-0.3, -0.25) is 5.10 Å². The van der Waals surface area contributed by atoms with E-state index in [0.717, 1.165) is 5.56 Å². The van der Waals surface area contributed by atoms with Crippen LogP contribution in [0.5, 0.6) is 5.75 Å². The van der Waals surface area contributed by atoms with Gasteiger partial charge in [0.1, 0.15) is 5.75 Å². The van der Waals surface area contributed by atoms with Gasteiger partial charge < -0.3 is 5.11 Å². The van der Waals surface area contributed by atoms with Crippen LogP contribution in [0.25, 0.3) is 22.8 Å². The monoisotopic (exact) mass is 339 g/mol. The van der Waals surface area contributed by atoms with E-state index in [1.807, 2.05) is 6.07 Å².